The highest BCUT2D eigenvalue weighted by Gasteiger charge is 2.22. The minimum absolute atomic E-state index is 0.973. The second-order valence-corrected chi connectivity index (χ2v) is 5.92. The number of benzene rings is 2. The van der Waals surface area contributed by atoms with E-state index in [4.69, 9.17) is 0 Å². The summed E-state index contributed by atoms with van der Waals surface area (Å²) in [6, 6.07) is 14.7. The van der Waals surface area contributed by atoms with E-state index in [0.29, 0.717) is 0 Å². The summed E-state index contributed by atoms with van der Waals surface area (Å²) in [5.74, 6) is 1.67. The fourth-order valence-corrected chi connectivity index (χ4v) is 3.66. The molecule has 0 N–H and O–H groups in total. The van der Waals surface area contributed by atoms with Gasteiger partial charge < -0.3 is 4.90 Å². The third-order valence-electron chi connectivity index (χ3n) is 3.40. The molecule has 1 heterocycles. The van der Waals surface area contributed by atoms with Crippen LogP contribution in [0.15, 0.2) is 58.0 Å². The largest absolute Gasteiger partial charge is 0.340 e. The van der Waals surface area contributed by atoms with Crippen LogP contribution in [-0.2, 0) is 4.79 Å². The van der Waals surface area contributed by atoms with Gasteiger partial charge in [0, 0.05) is 16.3 Å². The molecule has 0 radical (unpaired) electrons. The lowest BCUT2D eigenvalue weighted by atomic mass is 10.1. The van der Waals surface area contributed by atoms with Gasteiger partial charge in [0.25, 0.3) is 0 Å². The average Bonchev–Trinajstić information content (AvgIpc) is 2.52. The maximum absolute atomic E-state index is 10.3. The van der Waals surface area contributed by atoms with E-state index in [1.54, 1.807) is 23.8 Å². The minimum Gasteiger partial charge on any atom is -0.340 e. The van der Waals surface area contributed by atoms with Crippen LogP contribution in [0.5, 0.6) is 0 Å². The van der Waals surface area contributed by atoms with Crippen molar-refractivity contribution in [1.29, 1.82) is 0 Å². The van der Waals surface area contributed by atoms with Crippen LogP contribution in [0, 0.1) is 0 Å². The lowest BCUT2D eigenvalue weighted by molar-refractivity contribution is 0.569. The molecule has 104 valence electrons. The van der Waals surface area contributed by atoms with Gasteiger partial charge in [0.05, 0.1) is 11.4 Å². The van der Waals surface area contributed by atoms with E-state index in [-0.39, 0.29) is 0 Å². The van der Waals surface area contributed by atoms with E-state index < -0.39 is 0 Å². The Hall–Kier alpha value is -2.18. The number of anilines is 2. The number of rotatable bonds is 3. The van der Waals surface area contributed by atoms with E-state index in [1.165, 1.54) is 21.2 Å². The highest BCUT2D eigenvalue weighted by atomic mass is 32.2. The Morgan fingerprint density at radius 1 is 1.14 bits per heavy atom. The molecule has 0 unspecified atom stereocenters. The molecule has 21 heavy (non-hydrogen) atoms. The monoisotopic (exact) mass is 293 g/mol. The van der Waals surface area contributed by atoms with Crippen LogP contribution < -0.4 is 4.90 Å². The minimum atomic E-state index is 0.973. The summed E-state index contributed by atoms with van der Waals surface area (Å²) in [5, 5.41) is 0. The van der Waals surface area contributed by atoms with Gasteiger partial charge in [-0.1, -0.05) is 36.9 Å². The lowest BCUT2D eigenvalue weighted by Crippen LogP contribution is -2.21. The number of carbonyl (C=O) groups excluding carboxylic acids is 1. The van der Waals surface area contributed by atoms with Gasteiger partial charge in [0.1, 0.15) is 0 Å². The van der Waals surface area contributed by atoms with Crippen molar-refractivity contribution >= 4 is 35.2 Å². The molecule has 0 atom stereocenters. The topological polar surface area (TPSA) is 20.3 Å². The molecule has 0 saturated heterocycles. The number of fused-ring (bicyclic) bond motifs is 2. The van der Waals surface area contributed by atoms with E-state index >= 15 is 0 Å². The first-order valence-electron chi connectivity index (χ1n) is 6.98. The van der Waals surface area contributed by atoms with E-state index in [2.05, 4.69) is 54.0 Å². The van der Waals surface area contributed by atoms with Gasteiger partial charge in [-0.15, -0.1) is 0 Å². The van der Waals surface area contributed by atoms with E-state index in [0.717, 1.165) is 18.5 Å². The Kier molecular flexibility index (Phi) is 3.98. The summed E-state index contributed by atoms with van der Waals surface area (Å²) in [6.45, 7) is 3.18. The molecule has 2 aromatic carbocycles. The van der Waals surface area contributed by atoms with Crippen molar-refractivity contribution < 1.29 is 4.79 Å². The number of nitrogens with zero attached hydrogens (tertiary/aromatic N) is 1. The summed E-state index contributed by atoms with van der Waals surface area (Å²) in [6.07, 6.45) is 2.76. The summed E-state index contributed by atoms with van der Waals surface area (Å²) in [5.41, 5.74) is 5.95. The van der Waals surface area contributed by atoms with Crippen LogP contribution in [0.4, 0.5) is 11.4 Å². The number of para-hydroxylation sites is 1. The van der Waals surface area contributed by atoms with Crippen LogP contribution in [0.1, 0.15) is 18.9 Å². The number of hydrogen-bond donors (Lipinski definition) is 0. The summed E-state index contributed by atoms with van der Waals surface area (Å²) >= 11 is 1.77. The normalized spacial score (nSPS) is 12.0. The molecule has 0 aliphatic carbocycles. The fourth-order valence-electron chi connectivity index (χ4n) is 2.52. The van der Waals surface area contributed by atoms with Crippen molar-refractivity contribution in [3.63, 3.8) is 0 Å². The zero-order valence-corrected chi connectivity index (χ0v) is 12.6. The zero-order valence-electron chi connectivity index (χ0n) is 11.8. The molecule has 0 amide bonds. The summed E-state index contributed by atoms with van der Waals surface area (Å²) in [7, 11) is 0. The second kappa shape index (κ2) is 6.07. The molecule has 2 nitrogen and oxygen atoms in total. The zero-order chi connectivity index (χ0) is 14.7. The van der Waals surface area contributed by atoms with E-state index in [9.17, 15) is 4.79 Å². The van der Waals surface area contributed by atoms with Crippen molar-refractivity contribution in [2.45, 2.75) is 23.1 Å². The molecule has 3 rings (SSSR count). The maximum Gasteiger partial charge on any atom is 0.177 e. The number of hydrogen-bond acceptors (Lipinski definition) is 3. The molecule has 0 fully saturated rings. The predicted molar refractivity (Wildman–Crippen MR) is 88.0 cm³/mol. The third-order valence-corrected chi connectivity index (χ3v) is 4.51. The van der Waals surface area contributed by atoms with Crippen molar-refractivity contribution in [2.75, 3.05) is 11.4 Å². The Bertz CT molecular complexity index is 756. The lowest BCUT2D eigenvalue weighted by Gasteiger charge is -2.32. The molecular formula is C18H15NOS. The smallest absolute Gasteiger partial charge is 0.177 e. The molecule has 3 heteroatoms. The molecular weight excluding hydrogens is 278 g/mol. The van der Waals surface area contributed by atoms with Crippen molar-refractivity contribution in [3.05, 3.63) is 53.8 Å². The van der Waals surface area contributed by atoms with Crippen molar-refractivity contribution in [2.24, 2.45) is 0 Å². The molecule has 0 saturated carbocycles. The van der Waals surface area contributed by atoms with Gasteiger partial charge in [0.15, 0.2) is 5.94 Å². The quantitative estimate of drug-likeness (QED) is 0.604. The van der Waals surface area contributed by atoms with Gasteiger partial charge in [0.2, 0.25) is 0 Å². The molecule has 0 aromatic heterocycles. The summed E-state index contributed by atoms with van der Waals surface area (Å²) < 4.78 is 0. The fraction of sp³-hybridized carbons (Fsp3) is 0.167. The molecule has 0 spiro atoms. The Balaban J connectivity index is 2.10. The highest BCUT2D eigenvalue weighted by Crippen LogP contribution is 2.48. The average molecular weight is 293 g/mol. The van der Waals surface area contributed by atoms with E-state index in [1.807, 2.05) is 6.07 Å². The first-order chi connectivity index (χ1) is 10.3. The Morgan fingerprint density at radius 2 is 1.95 bits per heavy atom. The first kappa shape index (κ1) is 13.8. The standard InChI is InChI=1S/C18H15NOS/c1-2-11-19-15-7-3-4-8-17(15)21-18-13-14(6-5-12-20)9-10-16(18)19/h3-4,6-10,13H,2,11H2,1H3. The van der Waals surface area contributed by atoms with Crippen molar-refractivity contribution in [3.8, 4) is 0 Å². The second-order valence-electron chi connectivity index (χ2n) is 4.84. The Morgan fingerprint density at radius 3 is 2.76 bits per heavy atom. The van der Waals surface area contributed by atoms with Crippen LogP contribution in [0.2, 0.25) is 0 Å². The maximum atomic E-state index is 10.3. The van der Waals surface area contributed by atoms with Gasteiger partial charge in [-0.2, -0.15) is 0 Å². The van der Waals surface area contributed by atoms with Gasteiger partial charge in [-0.3, -0.25) is 0 Å². The van der Waals surface area contributed by atoms with Crippen LogP contribution >= 0.6 is 11.8 Å². The third kappa shape index (κ3) is 2.68. The highest BCUT2D eigenvalue weighted by molar-refractivity contribution is 7.99. The predicted octanol–water partition coefficient (Wildman–Crippen LogP) is 4.70. The van der Waals surface area contributed by atoms with Gasteiger partial charge in [-0.05, 0) is 48.1 Å². The Labute approximate surface area is 128 Å². The molecule has 2 aromatic rings. The van der Waals surface area contributed by atoms with Crippen LogP contribution in [0.3, 0.4) is 0 Å². The SMILES string of the molecule is CCCN1c2ccccc2Sc2cc(C=C=C=O)ccc21. The van der Waals surface area contributed by atoms with Gasteiger partial charge >= 0.3 is 0 Å². The molecule has 0 bridgehead atoms. The molecule has 1 aliphatic rings. The van der Waals surface area contributed by atoms with Gasteiger partial charge in [-0.25, -0.2) is 4.79 Å². The molecule has 1 aliphatic heterocycles. The van der Waals surface area contributed by atoms with Crippen LogP contribution in [-0.4, -0.2) is 12.5 Å². The summed E-state index contributed by atoms with van der Waals surface area (Å²) in [4.78, 5) is 15.1. The first-order valence-corrected chi connectivity index (χ1v) is 7.79. The van der Waals surface area contributed by atoms with Crippen molar-refractivity contribution in [1.82, 2.24) is 0 Å². The van der Waals surface area contributed by atoms with Crippen LogP contribution in [0.25, 0.3) is 6.08 Å².